The zero-order valence-corrected chi connectivity index (χ0v) is 12.7. The van der Waals surface area contributed by atoms with Gasteiger partial charge >= 0.3 is 0 Å². The second-order valence-corrected chi connectivity index (χ2v) is 5.79. The first-order valence-electron chi connectivity index (χ1n) is 6.71. The molecule has 0 aliphatic rings. The van der Waals surface area contributed by atoms with Crippen molar-refractivity contribution in [3.05, 3.63) is 58.3 Å². The number of benzene rings is 2. The molecule has 0 bridgehead atoms. The van der Waals surface area contributed by atoms with Gasteiger partial charge < -0.3 is 9.84 Å². The van der Waals surface area contributed by atoms with Crippen LogP contribution in [0.1, 0.15) is 16.1 Å². The van der Waals surface area contributed by atoms with E-state index in [2.05, 4.69) is 4.98 Å². The molecule has 3 aromatic rings. The maximum absolute atomic E-state index is 13.2. The van der Waals surface area contributed by atoms with Crippen LogP contribution in [0.25, 0.3) is 22.4 Å². The van der Waals surface area contributed by atoms with Crippen LogP contribution in [0.2, 0.25) is 0 Å². The standard InChI is InChI=1S/C17H14FNO2S/c1-21-15-5-2-11(8-12(15)10-20)3-7-17-19-14-9-13(18)4-6-16(14)22-17/h2-9,20H,10H2,1H3/b7-3+. The second-order valence-electron chi connectivity index (χ2n) is 4.73. The van der Waals surface area contributed by atoms with Crippen molar-refractivity contribution < 1.29 is 14.2 Å². The van der Waals surface area contributed by atoms with Crippen LogP contribution in [-0.4, -0.2) is 17.2 Å². The Bertz CT molecular complexity index is 842. The highest BCUT2D eigenvalue weighted by Crippen LogP contribution is 2.25. The van der Waals surface area contributed by atoms with Crippen LogP contribution >= 0.6 is 11.3 Å². The molecule has 0 unspecified atom stereocenters. The molecule has 0 atom stereocenters. The molecule has 5 heteroatoms. The van der Waals surface area contributed by atoms with Crippen LogP contribution in [0.5, 0.6) is 5.75 Å². The summed E-state index contributed by atoms with van der Waals surface area (Å²) in [5.41, 5.74) is 2.33. The lowest BCUT2D eigenvalue weighted by Crippen LogP contribution is -1.92. The minimum atomic E-state index is -0.281. The maximum atomic E-state index is 13.2. The Labute approximate surface area is 131 Å². The number of fused-ring (bicyclic) bond motifs is 1. The van der Waals surface area contributed by atoms with Crippen molar-refractivity contribution in [2.45, 2.75) is 6.61 Å². The summed E-state index contributed by atoms with van der Waals surface area (Å²) in [4.78, 5) is 4.38. The van der Waals surface area contributed by atoms with Gasteiger partial charge in [-0.15, -0.1) is 11.3 Å². The number of halogens is 1. The molecule has 0 saturated carbocycles. The molecule has 0 aliphatic heterocycles. The molecule has 1 aromatic heterocycles. The Hall–Kier alpha value is -2.24. The van der Waals surface area contributed by atoms with Crippen molar-refractivity contribution in [3.8, 4) is 5.75 Å². The third kappa shape index (κ3) is 3.00. The molecule has 3 rings (SSSR count). The number of thiazole rings is 1. The first-order chi connectivity index (χ1) is 10.7. The van der Waals surface area contributed by atoms with Gasteiger partial charge in [0.25, 0.3) is 0 Å². The molecule has 0 spiro atoms. The highest BCUT2D eigenvalue weighted by Gasteiger charge is 2.04. The summed E-state index contributed by atoms with van der Waals surface area (Å²) in [6.07, 6.45) is 3.79. The van der Waals surface area contributed by atoms with Crippen LogP contribution in [-0.2, 0) is 6.61 Å². The average Bonchev–Trinajstić information content (AvgIpc) is 2.94. The SMILES string of the molecule is COc1ccc(/C=C/c2nc3cc(F)ccc3s2)cc1CO. The van der Waals surface area contributed by atoms with E-state index in [1.165, 1.54) is 23.5 Å². The van der Waals surface area contributed by atoms with Gasteiger partial charge in [-0.25, -0.2) is 9.37 Å². The van der Waals surface area contributed by atoms with Gasteiger partial charge in [-0.1, -0.05) is 12.1 Å². The van der Waals surface area contributed by atoms with Gasteiger partial charge in [0.15, 0.2) is 0 Å². The van der Waals surface area contributed by atoms with Gasteiger partial charge in [-0.3, -0.25) is 0 Å². The van der Waals surface area contributed by atoms with E-state index >= 15 is 0 Å². The molecule has 0 saturated heterocycles. The Morgan fingerprint density at radius 2 is 2.09 bits per heavy atom. The fourth-order valence-electron chi connectivity index (χ4n) is 2.18. The van der Waals surface area contributed by atoms with E-state index in [0.717, 1.165) is 20.8 Å². The van der Waals surface area contributed by atoms with Gasteiger partial charge in [0, 0.05) is 11.6 Å². The van der Waals surface area contributed by atoms with Gasteiger partial charge in [-0.2, -0.15) is 0 Å². The number of aliphatic hydroxyl groups is 1. The predicted molar refractivity (Wildman–Crippen MR) is 87.4 cm³/mol. The molecular formula is C17H14FNO2S. The van der Waals surface area contributed by atoms with Crippen LogP contribution < -0.4 is 4.74 Å². The fourth-order valence-corrected chi connectivity index (χ4v) is 3.03. The lowest BCUT2D eigenvalue weighted by molar-refractivity contribution is 0.274. The zero-order chi connectivity index (χ0) is 15.5. The minimum absolute atomic E-state index is 0.0781. The van der Waals surface area contributed by atoms with Crippen molar-refractivity contribution in [2.24, 2.45) is 0 Å². The Kier molecular flexibility index (Phi) is 4.18. The number of hydrogen-bond donors (Lipinski definition) is 1. The molecule has 0 amide bonds. The molecule has 0 fully saturated rings. The minimum Gasteiger partial charge on any atom is -0.496 e. The number of methoxy groups -OCH3 is 1. The smallest absolute Gasteiger partial charge is 0.125 e. The predicted octanol–water partition coefficient (Wildman–Crippen LogP) is 4.11. The van der Waals surface area contributed by atoms with Crippen molar-refractivity contribution in [2.75, 3.05) is 7.11 Å². The largest absolute Gasteiger partial charge is 0.496 e. The molecule has 2 aromatic carbocycles. The summed E-state index contributed by atoms with van der Waals surface area (Å²) in [5, 5.41) is 10.1. The maximum Gasteiger partial charge on any atom is 0.125 e. The quantitative estimate of drug-likeness (QED) is 0.788. The van der Waals surface area contributed by atoms with Gasteiger partial charge in [0.2, 0.25) is 0 Å². The summed E-state index contributed by atoms with van der Waals surface area (Å²) in [5.74, 6) is 0.381. The van der Waals surface area contributed by atoms with E-state index in [1.54, 1.807) is 13.2 Å². The van der Waals surface area contributed by atoms with E-state index in [0.29, 0.717) is 11.3 Å². The lowest BCUT2D eigenvalue weighted by atomic mass is 10.1. The molecular weight excluding hydrogens is 301 g/mol. The van der Waals surface area contributed by atoms with Crippen molar-refractivity contribution >= 4 is 33.7 Å². The Morgan fingerprint density at radius 1 is 1.23 bits per heavy atom. The van der Waals surface area contributed by atoms with Crippen molar-refractivity contribution in [1.29, 1.82) is 0 Å². The second kappa shape index (κ2) is 6.25. The van der Waals surface area contributed by atoms with E-state index < -0.39 is 0 Å². The summed E-state index contributed by atoms with van der Waals surface area (Å²) in [7, 11) is 1.57. The first kappa shape index (κ1) is 14.7. The Balaban J connectivity index is 1.89. The monoisotopic (exact) mass is 315 g/mol. The molecule has 112 valence electrons. The van der Waals surface area contributed by atoms with E-state index in [-0.39, 0.29) is 12.4 Å². The average molecular weight is 315 g/mol. The fraction of sp³-hybridized carbons (Fsp3) is 0.118. The van der Waals surface area contributed by atoms with E-state index in [1.807, 2.05) is 30.4 Å². The normalized spacial score (nSPS) is 11.4. The van der Waals surface area contributed by atoms with Crippen molar-refractivity contribution in [1.82, 2.24) is 4.98 Å². The summed E-state index contributed by atoms with van der Waals surface area (Å²) in [6, 6.07) is 10.2. The zero-order valence-electron chi connectivity index (χ0n) is 11.9. The van der Waals surface area contributed by atoms with Crippen molar-refractivity contribution in [3.63, 3.8) is 0 Å². The van der Waals surface area contributed by atoms with Gasteiger partial charge in [0.1, 0.15) is 16.6 Å². The molecule has 1 N–H and O–H groups in total. The van der Waals surface area contributed by atoms with Crippen LogP contribution in [0.4, 0.5) is 4.39 Å². The van der Waals surface area contributed by atoms with Crippen LogP contribution in [0, 0.1) is 5.82 Å². The summed E-state index contributed by atoms with van der Waals surface area (Å²) < 4.78 is 19.3. The summed E-state index contributed by atoms with van der Waals surface area (Å²) >= 11 is 1.50. The highest BCUT2D eigenvalue weighted by molar-refractivity contribution is 7.19. The number of rotatable bonds is 4. The molecule has 0 aliphatic carbocycles. The van der Waals surface area contributed by atoms with Gasteiger partial charge in [-0.05, 0) is 35.9 Å². The lowest BCUT2D eigenvalue weighted by Gasteiger charge is -2.06. The number of hydrogen-bond acceptors (Lipinski definition) is 4. The number of ether oxygens (including phenoxy) is 1. The Morgan fingerprint density at radius 3 is 2.86 bits per heavy atom. The van der Waals surface area contributed by atoms with Crippen LogP contribution in [0.3, 0.4) is 0 Å². The van der Waals surface area contributed by atoms with E-state index in [9.17, 15) is 9.50 Å². The van der Waals surface area contributed by atoms with E-state index in [4.69, 9.17) is 4.74 Å². The molecule has 0 radical (unpaired) electrons. The molecule has 1 heterocycles. The molecule has 3 nitrogen and oxygen atoms in total. The number of nitrogens with zero attached hydrogens (tertiary/aromatic N) is 1. The third-order valence-electron chi connectivity index (χ3n) is 3.26. The summed E-state index contributed by atoms with van der Waals surface area (Å²) in [6.45, 7) is -0.0781. The topological polar surface area (TPSA) is 42.4 Å². The van der Waals surface area contributed by atoms with Crippen LogP contribution in [0.15, 0.2) is 36.4 Å². The number of aliphatic hydroxyl groups excluding tert-OH is 1. The first-order valence-corrected chi connectivity index (χ1v) is 7.53. The molecule has 22 heavy (non-hydrogen) atoms. The number of aromatic nitrogens is 1. The highest BCUT2D eigenvalue weighted by atomic mass is 32.1. The van der Waals surface area contributed by atoms with Gasteiger partial charge in [0.05, 0.1) is 23.9 Å². The third-order valence-corrected chi connectivity index (χ3v) is 4.26.